The average molecular weight is 154 g/mol. The molecule has 1 rings (SSSR count). The van der Waals surface area contributed by atoms with Gasteiger partial charge in [0.25, 0.3) is 0 Å². The van der Waals surface area contributed by atoms with E-state index in [1.807, 2.05) is 13.0 Å². The van der Waals surface area contributed by atoms with E-state index in [4.69, 9.17) is 5.11 Å². The highest BCUT2D eigenvalue weighted by Crippen LogP contribution is 1.82. The van der Waals surface area contributed by atoms with E-state index in [0.717, 1.165) is 11.8 Å². The molecule has 4 heteroatoms. The van der Waals surface area contributed by atoms with Gasteiger partial charge >= 0.3 is 5.97 Å². The first-order valence-electron chi connectivity index (χ1n) is 2.98. The Hall–Kier alpha value is -1.58. The number of rotatable bonds is 1. The summed E-state index contributed by atoms with van der Waals surface area (Å²) in [5, 5.41) is 14.1. The number of carboxylic acid groups (broad SMARTS) is 1. The molecule has 0 amide bonds. The van der Waals surface area contributed by atoms with Gasteiger partial charge in [-0.05, 0) is 13.0 Å². The van der Waals surface area contributed by atoms with Crippen LogP contribution in [0, 0.1) is 6.92 Å². The van der Waals surface area contributed by atoms with E-state index in [9.17, 15) is 4.79 Å². The first-order valence-corrected chi connectivity index (χ1v) is 2.98. The normalized spacial score (nSPS) is 7.73. The van der Waals surface area contributed by atoms with Crippen LogP contribution in [-0.2, 0) is 4.79 Å². The lowest BCUT2D eigenvalue weighted by atomic mass is 10.5. The van der Waals surface area contributed by atoms with Crippen LogP contribution in [0.5, 0.6) is 0 Å². The molecule has 0 aliphatic rings. The summed E-state index contributed by atoms with van der Waals surface area (Å²) in [5.41, 5.74) is 1.11. The fourth-order valence-electron chi connectivity index (χ4n) is 0.325. The molecular weight excluding hydrogens is 144 g/mol. The Morgan fingerprint density at radius 2 is 2.45 bits per heavy atom. The molecule has 0 bridgehead atoms. The van der Waals surface area contributed by atoms with E-state index in [-0.39, 0.29) is 0 Å². The third-order valence-corrected chi connectivity index (χ3v) is 0.815. The molecule has 0 unspecified atom stereocenters. The molecule has 4 nitrogen and oxygen atoms in total. The summed E-state index contributed by atoms with van der Waals surface area (Å²) in [6.07, 6.45) is 2.56. The maximum absolute atomic E-state index is 9.25. The summed E-state index contributed by atoms with van der Waals surface area (Å²) >= 11 is 0. The zero-order chi connectivity index (χ0) is 8.69. The van der Waals surface area contributed by atoms with Crippen LogP contribution >= 0.6 is 0 Å². The highest BCUT2D eigenvalue weighted by Gasteiger charge is 1.74. The molecule has 1 aromatic rings. The van der Waals surface area contributed by atoms with Crippen molar-refractivity contribution in [1.29, 1.82) is 0 Å². The molecule has 0 spiro atoms. The molecule has 1 aromatic heterocycles. The van der Waals surface area contributed by atoms with Crippen molar-refractivity contribution in [3.63, 3.8) is 0 Å². The summed E-state index contributed by atoms with van der Waals surface area (Å²) in [6.45, 7) is 4.93. The number of aromatic nitrogens is 2. The minimum atomic E-state index is -0.981. The van der Waals surface area contributed by atoms with Crippen molar-refractivity contribution < 1.29 is 9.90 Å². The molecule has 2 N–H and O–H groups in total. The summed E-state index contributed by atoms with van der Waals surface area (Å²) in [5.74, 6) is -0.981. The number of nitrogens with zero attached hydrogens (tertiary/aromatic N) is 1. The van der Waals surface area contributed by atoms with Crippen molar-refractivity contribution in [3.05, 3.63) is 30.6 Å². The van der Waals surface area contributed by atoms with Crippen LogP contribution in [0.25, 0.3) is 0 Å². The van der Waals surface area contributed by atoms with Gasteiger partial charge in [-0.3, -0.25) is 5.10 Å². The quantitative estimate of drug-likeness (QED) is 0.592. The van der Waals surface area contributed by atoms with Crippen LogP contribution < -0.4 is 0 Å². The zero-order valence-electron chi connectivity index (χ0n) is 6.24. The van der Waals surface area contributed by atoms with Gasteiger partial charge < -0.3 is 5.11 Å². The van der Waals surface area contributed by atoms with Gasteiger partial charge in [-0.2, -0.15) is 5.10 Å². The summed E-state index contributed by atoms with van der Waals surface area (Å²) < 4.78 is 0. The number of nitrogens with one attached hydrogen (secondary N) is 1. The fourth-order valence-corrected chi connectivity index (χ4v) is 0.325. The number of carboxylic acids is 1. The first kappa shape index (κ1) is 9.42. The van der Waals surface area contributed by atoms with E-state index >= 15 is 0 Å². The highest BCUT2D eigenvalue weighted by atomic mass is 16.4. The Balaban J connectivity index is 0.000000187. The Kier molecular flexibility index (Phi) is 4.47. The van der Waals surface area contributed by atoms with Crippen molar-refractivity contribution in [2.24, 2.45) is 0 Å². The number of hydrogen-bond acceptors (Lipinski definition) is 2. The summed E-state index contributed by atoms with van der Waals surface area (Å²) in [6, 6.07) is 1.92. The largest absolute Gasteiger partial charge is 0.478 e. The van der Waals surface area contributed by atoms with Crippen LogP contribution in [0.2, 0.25) is 0 Å². The van der Waals surface area contributed by atoms with Gasteiger partial charge in [-0.15, -0.1) is 0 Å². The highest BCUT2D eigenvalue weighted by molar-refractivity contribution is 5.78. The second kappa shape index (κ2) is 5.22. The Morgan fingerprint density at radius 3 is 2.55 bits per heavy atom. The van der Waals surface area contributed by atoms with Gasteiger partial charge in [0.05, 0.1) is 0 Å². The number of aliphatic carboxylic acids is 1. The monoisotopic (exact) mass is 154 g/mol. The minimum Gasteiger partial charge on any atom is -0.478 e. The molecule has 0 aliphatic carbocycles. The molecule has 60 valence electrons. The standard InChI is InChI=1S/C4H6N2.C3H4O2/c1-4-2-3-5-6-4;1-2-3(4)5/h2-3H,1H3,(H,5,6);2H,1H2,(H,4,5). The molecule has 0 radical (unpaired) electrons. The second-order valence-corrected chi connectivity index (χ2v) is 1.78. The molecular formula is C7H10N2O2. The lowest BCUT2D eigenvalue weighted by Gasteiger charge is -1.68. The van der Waals surface area contributed by atoms with E-state index < -0.39 is 5.97 Å². The third-order valence-electron chi connectivity index (χ3n) is 0.815. The predicted molar refractivity (Wildman–Crippen MR) is 41.2 cm³/mol. The summed E-state index contributed by atoms with van der Waals surface area (Å²) in [4.78, 5) is 9.25. The molecule has 0 aromatic carbocycles. The van der Waals surface area contributed by atoms with E-state index in [0.29, 0.717) is 0 Å². The predicted octanol–water partition coefficient (Wildman–Crippen LogP) is 0.975. The van der Waals surface area contributed by atoms with Crippen molar-refractivity contribution in [2.45, 2.75) is 6.92 Å². The zero-order valence-corrected chi connectivity index (χ0v) is 6.24. The lowest BCUT2D eigenvalue weighted by molar-refractivity contribution is -0.131. The smallest absolute Gasteiger partial charge is 0.327 e. The van der Waals surface area contributed by atoms with Gasteiger partial charge in [-0.25, -0.2) is 4.79 Å². The number of aryl methyl sites for hydroxylation is 1. The van der Waals surface area contributed by atoms with Gasteiger partial charge in [-0.1, -0.05) is 6.58 Å². The second-order valence-electron chi connectivity index (χ2n) is 1.78. The summed E-state index contributed by atoms with van der Waals surface area (Å²) in [7, 11) is 0. The van der Waals surface area contributed by atoms with Crippen LogP contribution in [-0.4, -0.2) is 21.3 Å². The Bertz CT molecular complexity index is 216. The first-order chi connectivity index (χ1) is 5.16. The lowest BCUT2D eigenvalue weighted by Crippen LogP contribution is -1.82. The Labute approximate surface area is 64.6 Å². The Morgan fingerprint density at radius 1 is 1.91 bits per heavy atom. The SMILES string of the molecule is C=CC(=O)O.Cc1ccn[nH]1. The van der Waals surface area contributed by atoms with Gasteiger partial charge in [0, 0.05) is 18.0 Å². The van der Waals surface area contributed by atoms with Crippen molar-refractivity contribution in [2.75, 3.05) is 0 Å². The molecule has 0 fully saturated rings. The van der Waals surface area contributed by atoms with E-state index in [2.05, 4.69) is 16.8 Å². The topological polar surface area (TPSA) is 66.0 Å². The minimum absolute atomic E-state index is 0.833. The number of H-pyrrole nitrogens is 1. The molecule has 1 heterocycles. The van der Waals surface area contributed by atoms with Crippen LogP contribution in [0.1, 0.15) is 5.69 Å². The molecule has 11 heavy (non-hydrogen) atoms. The molecule has 0 saturated heterocycles. The van der Waals surface area contributed by atoms with Crippen molar-refractivity contribution in [3.8, 4) is 0 Å². The van der Waals surface area contributed by atoms with Gasteiger partial charge in [0.15, 0.2) is 0 Å². The molecule has 0 aliphatic heterocycles. The molecule has 0 saturated carbocycles. The fraction of sp³-hybridized carbons (Fsp3) is 0.143. The van der Waals surface area contributed by atoms with Crippen molar-refractivity contribution in [1.82, 2.24) is 10.2 Å². The number of hydrogen-bond donors (Lipinski definition) is 2. The van der Waals surface area contributed by atoms with Crippen molar-refractivity contribution >= 4 is 5.97 Å². The van der Waals surface area contributed by atoms with Gasteiger partial charge in [0.2, 0.25) is 0 Å². The van der Waals surface area contributed by atoms with E-state index in [1.165, 1.54) is 0 Å². The van der Waals surface area contributed by atoms with Crippen LogP contribution in [0.4, 0.5) is 0 Å². The average Bonchev–Trinajstić information content (AvgIpc) is 2.41. The number of carbonyl (C=O) groups is 1. The van der Waals surface area contributed by atoms with Crippen LogP contribution in [0.15, 0.2) is 24.9 Å². The third kappa shape index (κ3) is 6.30. The van der Waals surface area contributed by atoms with E-state index in [1.54, 1.807) is 6.20 Å². The maximum Gasteiger partial charge on any atom is 0.327 e. The number of aromatic amines is 1. The maximum atomic E-state index is 9.25. The molecule has 0 atom stereocenters. The van der Waals surface area contributed by atoms with Gasteiger partial charge in [0.1, 0.15) is 0 Å². The van der Waals surface area contributed by atoms with Crippen LogP contribution in [0.3, 0.4) is 0 Å².